The van der Waals surface area contributed by atoms with Crippen molar-refractivity contribution in [3.8, 4) is 0 Å². The molecule has 0 aliphatic heterocycles. The Bertz CT molecular complexity index is 371. The van der Waals surface area contributed by atoms with Gasteiger partial charge in [-0.25, -0.2) is 8.78 Å². The van der Waals surface area contributed by atoms with E-state index in [1.54, 1.807) is 0 Å². The van der Waals surface area contributed by atoms with E-state index in [1.165, 1.54) is 18.6 Å². The average Bonchev–Trinajstić information content (AvgIpc) is 2.14. The summed E-state index contributed by atoms with van der Waals surface area (Å²) in [5.41, 5.74) is 6.36. The second-order valence-electron chi connectivity index (χ2n) is 4.70. The van der Waals surface area contributed by atoms with Crippen molar-refractivity contribution in [2.45, 2.75) is 31.3 Å². The Labute approximate surface area is 100 Å². The van der Waals surface area contributed by atoms with E-state index >= 15 is 0 Å². The summed E-state index contributed by atoms with van der Waals surface area (Å²) in [6.07, 6.45) is 3.51. The molecule has 0 amide bonds. The molecule has 1 aromatic rings. The number of nitrogens with two attached hydrogens (primary N) is 1. The SMILES string of the molecule is CN(C1CCC1)C(CN)c1cc(F)cc(F)c1. The van der Waals surface area contributed by atoms with Crippen LogP contribution in [-0.4, -0.2) is 24.5 Å². The van der Waals surface area contributed by atoms with Crippen molar-refractivity contribution >= 4 is 0 Å². The van der Waals surface area contributed by atoms with Crippen molar-refractivity contribution in [3.05, 3.63) is 35.4 Å². The van der Waals surface area contributed by atoms with E-state index in [-0.39, 0.29) is 6.04 Å². The Morgan fingerprint density at radius 2 is 1.88 bits per heavy atom. The van der Waals surface area contributed by atoms with Gasteiger partial charge in [0.1, 0.15) is 11.6 Å². The zero-order valence-corrected chi connectivity index (χ0v) is 10.00. The molecular formula is C13H18F2N2. The summed E-state index contributed by atoms with van der Waals surface area (Å²) in [6.45, 7) is 0.371. The predicted molar refractivity (Wildman–Crippen MR) is 63.6 cm³/mol. The molecule has 2 N–H and O–H groups in total. The highest BCUT2D eigenvalue weighted by Gasteiger charge is 2.28. The Kier molecular flexibility index (Phi) is 3.74. The smallest absolute Gasteiger partial charge is 0.126 e. The molecular weight excluding hydrogens is 222 g/mol. The van der Waals surface area contributed by atoms with Gasteiger partial charge in [-0.2, -0.15) is 0 Å². The van der Waals surface area contributed by atoms with E-state index < -0.39 is 11.6 Å². The fourth-order valence-corrected chi connectivity index (χ4v) is 2.35. The van der Waals surface area contributed by atoms with E-state index in [2.05, 4.69) is 4.90 Å². The molecule has 1 aromatic carbocycles. The topological polar surface area (TPSA) is 29.3 Å². The Morgan fingerprint density at radius 1 is 1.29 bits per heavy atom. The quantitative estimate of drug-likeness (QED) is 0.876. The number of nitrogens with zero attached hydrogens (tertiary/aromatic N) is 1. The lowest BCUT2D eigenvalue weighted by atomic mass is 9.89. The van der Waals surface area contributed by atoms with Gasteiger partial charge in [0.2, 0.25) is 0 Å². The lowest BCUT2D eigenvalue weighted by Gasteiger charge is -2.39. The first-order valence-corrected chi connectivity index (χ1v) is 6.00. The highest BCUT2D eigenvalue weighted by atomic mass is 19.1. The molecule has 2 rings (SSSR count). The van der Waals surface area contributed by atoms with Gasteiger partial charge < -0.3 is 5.73 Å². The maximum Gasteiger partial charge on any atom is 0.126 e. The first-order valence-electron chi connectivity index (χ1n) is 6.00. The molecule has 0 aromatic heterocycles. The van der Waals surface area contributed by atoms with E-state index in [4.69, 9.17) is 5.73 Å². The highest BCUT2D eigenvalue weighted by molar-refractivity contribution is 5.22. The second kappa shape index (κ2) is 5.10. The Morgan fingerprint density at radius 3 is 2.29 bits per heavy atom. The second-order valence-corrected chi connectivity index (χ2v) is 4.70. The molecule has 1 aliphatic carbocycles. The van der Waals surface area contributed by atoms with Crippen LogP contribution >= 0.6 is 0 Å². The van der Waals surface area contributed by atoms with Crippen LogP contribution in [0.15, 0.2) is 18.2 Å². The summed E-state index contributed by atoms with van der Waals surface area (Å²) in [7, 11) is 1.98. The van der Waals surface area contributed by atoms with Gasteiger partial charge in [-0.05, 0) is 37.6 Å². The van der Waals surface area contributed by atoms with Crippen LogP contribution in [0.2, 0.25) is 0 Å². The normalized spacial score (nSPS) is 18.2. The van der Waals surface area contributed by atoms with Crippen LogP contribution in [0.1, 0.15) is 30.9 Å². The van der Waals surface area contributed by atoms with Crippen molar-refractivity contribution in [1.82, 2.24) is 4.90 Å². The molecule has 0 heterocycles. The maximum absolute atomic E-state index is 13.2. The molecule has 1 atom stereocenters. The first-order chi connectivity index (χ1) is 8.11. The zero-order chi connectivity index (χ0) is 12.4. The number of hydrogen-bond donors (Lipinski definition) is 1. The largest absolute Gasteiger partial charge is 0.329 e. The summed E-state index contributed by atoms with van der Waals surface area (Å²) in [6, 6.07) is 4.02. The van der Waals surface area contributed by atoms with E-state index in [9.17, 15) is 8.78 Å². The third-order valence-electron chi connectivity index (χ3n) is 3.64. The summed E-state index contributed by atoms with van der Waals surface area (Å²) in [4.78, 5) is 2.14. The zero-order valence-electron chi connectivity index (χ0n) is 10.00. The molecule has 0 spiro atoms. The third kappa shape index (κ3) is 2.64. The van der Waals surface area contributed by atoms with Crippen molar-refractivity contribution < 1.29 is 8.78 Å². The van der Waals surface area contributed by atoms with Gasteiger partial charge in [-0.3, -0.25) is 4.90 Å². The number of rotatable bonds is 4. The van der Waals surface area contributed by atoms with Crippen LogP contribution in [-0.2, 0) is 0 Å². The van der Waals surface area contributed by atoms with Gasteiger partial charge in [0.05, 0.1) is 0 Å². The van der Waals surface area contributed by atoms with E-state index in [1.807, 2.05) is 7.05 Å². The average molecular weight is 240 g/mol. The fourth-order valence-electron chi connectivity index (χ4n) is 2.35. The standard InChI is InChI=1S/C13H18F2N2/c1-17(12-3-2-4-12)13(8-16)9-5-10(14)7-11(15)6-9/h5-7,12-13H,2-4,8,16H2,1H3. The van der Waals surface area contributed by atoms with Gasteiger partial charge in [0, 0.05) is 24.7 Å². The lowest BCUT2D eigenvalue weighted by Crippen LogP contribution is -2.42. The van der Waals surface area contributed by atoms with Gasteiger partial charge in [0.25, 0.3) is 0 Å². The van der Waals surface area contributed by atoms with E-state index in [0.29, 0.717) is 18.2 Å². The molecule has 94 valence electrons. The molecule has 1 unspecified atom stereocenters. The molecule has 0 radical (unpaired) electrons. The van der Waals surface area contributed by atoms with Crippen molar-refractivity contribution in [2.24, 2.45) is 5.73 Å². The van der Waals surface area contributed by atoms with Crippen molar-refractivity contribution in [2.75, 3.05) is 13.6 Å². The minimum Gasteiger partial charge on any atom is -0.329 e. The fraction of sp³-hybridized carbons (Fsp3) is 0.538. The number of hydrogen-bond acceptors (Lipinski definition) is 2. The van der Waals surface area contributed by atoms with Gasteiger partial charge >= 0.3 is 0 Å². The number of halogens is 2. The predicted octanol–water partition coefficient (Wildman–Crippen LogP) is 2.45. The minimum atomic E-state index is -0.541. The van der Waals surface area contributed by atoms with Crippen LogP contribution < -0.4 is 5.73 Å². The van der Waals surface area contributed by atoms with Crippen molar-refractivity contribution in [3.63, 3.8) is 0 Å². The molecule has 4 heteroatoms. The number of likely N-dealkylation sites (N-methyl/N-ethyl adjacent to an activating group) is 1. The van der Waals surface area contributed by atoms with Crippen LogP contribution in [0.5, 0.6) is 0 Å². The molecule has 1 aliphatic rings. The lowest BCUT2D eigenvalue weighted by molar-refractivity contribution is 0.113. The first kappa shape index (κ1) is 12.5. The summed E-state index contributed by atoms with van der Waals surface area (Å²) < 4.78 is 26.4. The molecule has 2 nitrogen and oxygen atoms in total. The summed E-state index contributed by atoms with van der Waals surface area (Å²) in [5.74, 6) is -1.08. The monoisotopic (exact) mass is 240 g/mol. The summed E-state index contributed by atoms with van der Waals surface area (Å²) in [5, 5.41) is 0. The van der Waals surface area contributed by atoms with Crippen LogP contribution in [0, 0.1) is 11.6 Å². The van der Waals surface area contributed by atoms with E-state index in [0.717, 1.165) is 18.9 Å². The third-order valence-corrected chi connectivity index (χ3v) is 3.64. The molecule has 1 saturated carbocycles. The van der Waals surface area contributed by atoms with Gasteiger partial charge in [-0.1, -0.05) is 6.42 Å². The highest BCUT2D eigenvalue weighted by Crippen LogP contribution is 2.30. The van der Waals surface area contributed by atoms with Crippen LogP contribution in [0.3, 0.4) is 0 Å². The maximum atomic E-state index is 13.2. The number of benzene rings is 1. The van der Waals surface area contributed by atoms with Crippen LogP contribution in [0.25, 0.3) is 0 Å². The van der Waals surface area contributed by atoms with Crippen LogP contribution in [0.4, 0.5) is 8.78 Å². The molecule has 0 bridgehead atoms. The van der Waals surface area contributed by atoms with Gasteiger partial charge in [-0.15, -0.1) is 0 Å². The molecule has 1 fully saturated rings. The van der Waals surface area contributed by atoms with Crippen molar-refractivity contribution in [1.29, 1.82) is 0 Å². The summed E-state index contributed by atoms with van der Waals surface area (Å²) >= 11 is 0. The minimum absolute atomic E-state index is 0.106. The Balaban J connectivity index is 2.21. The van der Waals surface area contributed by atoms with Gasteiger partial charge in [0.15, 0.2) is 0 Å². The molecule has 17 heavy (non-hydrogen) atoms. The molecule has 0 saturated heterocycles. The Hall–Kier alpha value is -1.00.